The maximum Gasteiger partial charge on any atom is 0.224 e. The van der Waals surface area contributed by atoms with Crippen LogP contribution in [0.3, 0.4) is 0 Å². The summed E-state index contributed by atoms with van der Waals surface area (Å²) >= 11 is 0. The van der Waals surface area contributed by atoms with Gasteiger partial charge >= 0.3 is 0 Å². The lowest BCUT2D eigenvalue weighted by molar-refractivity contribution is -0.116. The average molecular weight is 272 g/mol. The minimum absolute atomic E-state index is 0.00894. The van der Waals surface area contributed by atoms with Gasteiger partial charge in [0.15, 0.2) is 5.89 Å². The van der Waals surface area contributed by atoms with Crippen molar-refractivity contribution < 1.29 is 9.21 Å². The Labute approximate surface area is 119 Å². The molecule has 1 amide bonds. The minimum atomic E-state index is 0.00894. The maximum absolute atomic E-state index is 12.0. The molecule has 0 saturated carbocycles. The van der Waals surface area contributed by atoms with Crippen molar-refractivity contribution in [2.24, 2.45) is 0 Å². The number of hydrogen-bond donors (Lipinski definition) is 1. The summed E-state index contributed by atoms with van der Waals surface area (Å²) in [5.41, 5.74) is 4.01. The molecule has 1 aromatic heterocycles. The molecule has 1 N–H and O–H groups in total. The molecule has 4 heteroatoms. The van der Waals surface area contributed by atoms with Crippen LogP contribution in [0.5, 0.6) is 0 Å². The van der Waals surface area contributed by atoms with E-state index in [1.54, 1.807) is 13.2 Å². The molecule has 1 aromatic carbocycles. The predicted molar refractivity (Wildman–Crippen MR) is 78.7 cm³/mol. The minimum Gasteiger partial charge on any atom is -0.449 e. The van der Waals surface area contributed by atoms with Gasteiger partial charge in [0.05, 0.1) is 5.69 Å². The highest BCUT2D eigenvalue weighted by molar-refractivity contribution is 5.92. The number of rotatable bonds is 5. The Bertz CT molecular complexity index is 602. The van der Waals surface area contributed by atoms with Crippen molar-refractivity contribution in [3.8, 4) is 0 Å². The highest BCUT2D eigenvalue weighted by Crippen LogP contribution is 2.21. The number of nitrogens with zero attached hydrogens (tertiary/aromatic N) is 1. The van der Waals surface area contributed by atoms with Gasteiger partial charge in [0.1, 0.15) is 6.26 Å². The standard InChI is InChI=1S/C16H20N2O2/c1-4-13-7-5-6-11(2)16(13)18-15(19)9-8-14-10-20-12(3)17-14/h5-7,10H,4,8-9H2,1-3H3,(H,18,19). The van der Waals surface area contributed by atoms with Crippen LogP contribution in [-0.4, -0.2) is 10.9 Å². The number of aryl methyl sites for hydroxylation is 4. The third kappa shape index (κ3) is 3.47. The molecule has 0 bridgehead atoms. The number of nitrogens with one attached hydrogen (secondary N) is 1. The molecule has 0 radical (unpaired) electrons. The second kappa shape index (κ2) is 6.37. The molecule has 0 unspecified atom stereocenters. The first-order chi connectivity index (χ1) is 9.60. The van der Waals surface area contributed by atoms with Crippen molar-refractivity contribution in [3.05, 3.63) is 47.2 Å². The number of oxazole rings is 1. The molecule has 0 spiro atoms. The monoisotopic (exact) mass is 272 g/mol. The lowest BCUT2D eigenvalue weighted by atomic mass is 10.1. The van der Waals surface area contributed by atoms with Gasteiger partial charge in [-0.15, -0.1) is 0 Å². The molecule has 2 aromatic rings. The van der Waals surface area contributed by atoms with Gasteiger partial charge in [-0.1, -0.05) is 25.1 Å². The summed E-state index contributed by atoms with van der Waals surface area (Å²) in [6.45, 7) is 5.89. The Morgan fingerprint density at radius 2 is 2.15 bits per heavy atom. The third-order valence-corrected chi connectivity index (χ3v) is 3.28. The number of carbonyl (C=O) groups is 1. The summed E-state index contributed by atoms with van der Waals surface area (Å²) in [7, 11) is 0. The molecular weight excluding hydrogens is 252 g/mol. The van der Waals surface area contributed by atoms with Crippen molar-refractivity contribution in [2.45, 2.75) is 40.0 Å². The van der Waals surface area contributed by atoms with Gasteiger partial charge in [-0.3, -0.25) is 4.79 Å². The van der Waals surface area contributed by atoms with Crippen LogP contribution in [-0.2, 0) is 17.6 Å². The zero-order chi connectivity index (χ0) is 14.5. The van der Waals surface area contributed by atoms with Crippen LogP contribution >= 0.6 is 0 Å². The highest BCUT2D eigenvalue weighted by atomic mass is 16.3. The fourth-order valence-electron chi connectivity index (χ4n) is 2.17. The largest absolute Gasteiger partial charge is 0.449 e. The topological polar surface area (TPSA) is 55.1 Å². The fourth-order valence-corrected chi connectivity index (χ4v) is 2.17. The van der Waals surface area contributed by atoms with Crippen LogP contribution in [0.1, 0.15) is 36.1 Å². The van der Waals surface area contributed by atoms with Crippen LogP contribution in [0.15, 0.2) is 28.9 Å². The van der Waals surface area contributed by atoms with E-state index < -0.39 is 0 Å². The number of anilines is 1. The maximum atomic E-state index is 12.0. The van der Waals surface area contributed by atoms with Crippen molar-refractivity contribution in [2.75, 3.05) is 5.32 Å². The van der Waals surface area contributed by atoms with E-state index in [0.29, 0.717) is 18.7 Å². The molecule has 0 fully saturated rings. The van der Waals surface area contributed by atoms with E-state index in [1.807, 2.05) is 25.1 Å². The van der Waals surface area contributed by atoms with E-state index in [1.165, 1.54) is 0 Å². The first-order valence-corrected chi connectivity index (χ1v) is 6.89. The SMILES string of the molecule is CCc1cccc(C)c1NC(=O)CCc1coc(C)n1. The molecule has 1 heterocycles. The summed E-state index contributed by atoms with van der Waals surface area (Å²) in [4.78, 5) is 16.2. The molecule has 2 rings (SSSR count). The van der Waals surface area contributed by atoms with Gasteiger partial charge in [0.25, 0.3) is 0 Å². The van der Waals surface area contributed by atoms with Gasteiger partial charge in [0.2, 0.25) is 5.91 Å². The van der Waals surface area contributed by atoms with Gasteiger partial charge in [-0.2, -0.15) is 0 Å². The molecule has 0 aliphatic carbocycles. The van der Waals surface area contributed by atoms with Gasteiger partial charge < -0.3 is 9.73 Å². The van der Waals surface area contributed by atoms with Crippen molar-refractivity contribution in [3.63, 3.8) is 0 Å². The summed E-state index contributed by atoms with van der Waals surface area (Å²) in [5.74, 6) is 0.641. The first kappa shape index (κ1) is 14.3. The Hall–Kier alpha value is -2.10. The zero-order valence-corrected chi connectivity index (χ0v) is 12.2. The predicted octanol–water partition coefficient (Wildman–Crippen LogP) is 3.43. The number of aromatic nitrogens is 1. The molecule has 20 heavy (non-hydrogen) atoms. The quantitative estimate of drug-likeness (QED) is 0.907. The number of amides is 1. The second-order valence-electron chi connectivity index (χ2n) is 4.87. The zero-order valence-electron chi connectivity index (χ0n) is 12.2. The average Bonchev–Trinajstić information content (AvgIpc) is 2.84. The van der Waals surface area contributed by atoms with Crippen LogP contribution in [0.25, 0.3) is 0 Å². The molecule has 0 atom stereocenters. The van der Waals surface area contributed by atoms with Gasteiger partial charge in [-0.05, 0) is 24.5 Å². The normalized spacial score (nSPS) is 10.6. The van der Waals surface area contributed by atoms with E-state index in [-0.39, 0.29) is 5.91 Å². The smallest absolute Gasteiger partial charge is 0.224 e. The Morgan fingerprint density at radius 3 is 2.80 bits per heavy atom. The summed E-state index contributed by atoms with van der Waals surface area (Å²) < 4.78 is 5.13. The number of hydrogen-bond acceptors (Lipinski definition) is 3. The van der Waals surface area contributed by atoms with Crippen LogP contribution in [0.2, 0.25) is 0 Å². The summed E-state index contributed by atoms with van der Waals surface area (Å²) in [5, 5.41) is 3.01. The van der Waals surface area contributed by atoms with Crippen LogP contribution in [0, 0.1) is 13.8 Å². The van der Waals surface area contributed by atoms with Gasteiger partial charge in [0, 0.05) is 25.5 Å². The third-order valence-electron chi connectivity index (χ3n) is 3.28. The van der Waals surface area contributed by atoms with Crippen LogP contribution < -0.4 is 5.32 Å². The van der Waals surface area contributed by atoms with E-state index in [2.05, 4.69) is 17.2 Å². The fraction of sp³-hybridized carbons (Fsp3) is 0.375. The Balaban J connectivity index is 1.98. The first-order valence-electron chi connectivity index (χ1n) is 6.89. The van der Waals surface area contributed by atoms with Crippen molar-refractivity contribution in [1.29, 1.82) is 0 Å². The van der Waals surface area contributed by atoms with E-state index >= 15 is 0 Å². The number of para-hydroxylation sites is 1. The summed E-state index contributed by atoms with van der Waals surface area (Å²) in [6.07, 6.45) is 3.51. The number of carbonyl (C=O) groups excluding carboxylic acids is 1. The Kier molecular flexibility index (Phi) is 4.56. The molecular formula is C16H20N2O2. The molecule has 106 valence electrons. The number of benzene rings is 1. The second-order valence-corrected chi connectivity index (χ2v) is 4.87. The highest BCUT2D eigenvalue weighted by Gasteiger charge is 2.09. The van der Waals surface area contributed by atoms with E-state index in [9.17, 15) is 4.79 Å². The lowest BCUT2D eigenvalue weighted by Gasteiger charge is -2.12. The van der Waals surface area contributed by atoms with Crippen molar-refractivity contribution in [1.82, 2.24) is 4.98 Å². The van der Waals surface area contributed by atoms with Gasteiger partial charge in [-0.25, -0.2) is 4.98 Å². The molecule has 4 nitrogen and oxygen atoms in total. The van der Waals surface area contributed by atoms with Crippen molar-refractivity contribution >= 4 is 11.6 Å². The molecule has 0 aliphatic heterocycles. The lowest BCUT2D eigenvalue weighted by Crippen LogP contribution is -2.14. The van der Waals surface area contributed by atoms with Crippen LogP contribution in [0.4, 0.5) is 5.69 Å². The van der Waals surface area contributed by atoms with E-state index in [0.717, 1.165) is 28.9 Å². The molecule has 0 saturated heterocycles. The summed E-state index contributed by atoms with van der Waals surface area (Å²) in [6, 6.07) is 6.07. The Morgan fingerprint density at radius 1 is 1.35 bits per heavy atom. The van der Waals surface area contributed by atoms with E-state index in [4.69, 9.17) is 4.42 Å². The molecule has 0 aliphatic rings.